The molecule has 0 bridgehead atoms. The van der Waals surface area contributed by atoms with Gasteiger partial charge in [0, 0.05) is 19.5 Å². The predicted octanol–water partition coefficient (Wildman–Crippen LogP) is 3.81. The van der Waals surface area contributed by atoms with Crippen molar-refractivity contribution in [1.29, 1.82) is 0 Å². The standard InChI is InChI=1S/C42H62N6O10/c1-10-11-18-29(34(50)38(53)44-23-33(49)45-30(27-16-13-12-14-17-27)22-43-37(52)32-19-15-20-56-32)46-36(51)31-21-28(58-42(7,8)9)24-48(31)39(54)35(41(4,5)6)47-40(55)57-25-26(2)3/h12-17,19-20,26,28-31,35H,10-11,18,21-25H2,1-9H3,(H,43,52)(H,44,53)(H,45,49)(H,46,51)(H,47,55)/t28-,29?,30-,31+,35-/m1/s1. The van der Waals surface area contributed by atoms with Gasteiger partial charge >= 0.3 is 6.09 Å². The highest BCUT2D eigenvalue weighted by molar-refractivity contribution is 6.38. The van der Waals surface area contributed by atoms with Crippen molar-refractivity contribution in [2.45, 2.75) is 124 Å². The molecule has 1 unspecified atom stereocenters. The molecule has 1 aromatic heterocycles. The van der Waals surface area contributed by atoms with Crippen LogP contribution in [0.15, 0.2) is 53.1 Å². The summed E-state index contributed by atoms with van der Waals surface area (Å²) in [5, 5.41) is 13.3. The van der Waals surface area contributed by atoms with Crippen molar-refractivity contribution >= 4 is 41.4 Å². The average Bonchev–Trinajstić information content (AvgIpc) is 3.85. The molecule has 1 saturated heterocycles. The largest absolute Gasteiger partial charge is 0.459 e. The van der Waals surface area contributed by atoms with Crippen LogP contribution in [0, 0.1) is 11.3 Å². The third-order valence-electron chi connectivity index (χ3n) is 9.15. The number of carbonyl (C=O) groups is 7. The van der Waals surface area contributed by atoms with Gasteiger partial charge in [-0.15, -0.1) is 0 Å². The van der Waals surface area contributed by atoms with Gasteiger partial charge in [-0.05, 0) is 56.2 Å². The Kier molecular flexibility index (Phi) is 17.5. The van der Waals surface area contributed by atoms with Crippen molar-refractivity contribution in [2.75, 3.05) is 26.2 Å². The monoisotopic (exact) mass is 810 g/mol. The number of ether oxygens (including phenoxy) is 2. The fraction of sp³-hybridized carbons (Fsp3) is 0.595. The second-order valence-corrected chi connectivity index (χ2v) is 17.0. The number of amides is 6. The summed E-state index contributed by atoms with van der Waals surface area (Å²) >= 11 is 0. The second kappa shape index (κ2) is 21.5. The molecule has 1 aliphatic rings. The highest BCUT2D eigenvalue weighted by atomic mass is 16.5. The van der Waals surface area contributed by atoms with Crippen LogP contribution in [-0.2, 0) is 33.4 Å². The third-order valence-corrected chi connectivity index (χ3v) is 9.15. The molecule has 0 radical (unpaired) electrons. The first-order valence-electron chi connectivity index (χ1n) is 19.9. The Morgan fingerprint density at radius 1 is 0.897 bits per heavy atom. The van der Waals surface area contributed by atoms with E-state index in [1.54, 1.807) is 57.2 Å². The van der Waals surface area contributed by atoms with Crippen molar-refractivity contribution in [3.8, 4) is 0 Å². The van der Waals surface area contributed by atoms with Crippen LogP contribution in [0.2, 0.25) is 0 Å². The Hall–Kier alpha value is -5.25. The molecule has 16 heteroatoms. The molecule has 0 saturated carbocycles. The minimum Gasteiger partial charge on any atom is -0.459 e. The molecule has 3 rings (SSSR count). The summed E-state index contributed by atoms with van der Waals surface area (Å²) in [7, 11) is 0. The molecular weight excluding hydrogens is 748 g/mol. The molecule has 0 spiro atoms. The summed E-state index contributed by atoms with van der Waals surface area (Å²) < 4.78 is 16.6. The van der Waals surface area contributed by atoms with E-state index in [1.807, 2.05) is 41.5 Å². The molecule has 5 N–H and O–H groups in total. The Morgan fingerprint density at radius 3 is 2.17 bits per heavy atom. The average molecular weight is 811 g/mol. The van der Waals surface area contributed by atoms with Crippen molar-refractivity contribution in [3.05, 3.63) is 60.1 Å². The number of nitrogens with one attached hydrogen (secondary N) is 5. The van der Waals surface area contributed by atoms with Crippen LogP contribution in [0.5, 0.6) is 0 Å². The van der Waals surface area contributed by atoms with Gasteiger partial charge in [0.2, 0.25) is 23.5 Å². The number of benzene rings is 1. The summed E-state index contributed by atoms with van der Waals surface area (Å²) in [6.45, 7) is 16.2. The van der Waals surface area contributed by atoms with Crippen LogP contribution < -0.4 is 26.6 Å². The summed E-state index contributed by atoms with van der Waals surface area (Å²) in [5.74, 6) is -4.15. The number of hydrogen-bond acceptors (Lipinski definition) is 10. The summed E-state index contributed by atoms with van der Waals surface area (Å²) in [6.07, 6.45) is 1.44. The third kappa shape index (κ3) is 14.9. The molecule has 320 valence electrons. The zero-order valence-corrected chi connectivity index (χ0v) is 35.3. The Labute approximate surface area is 341 Å². The lowest BCUT2D eigenvalue weighted by Crippen LogP contribution is -2.59. The van der Waals surface area contributed by atoms with E-state index in [4.69, 9.17) is 13.9 Å². The molecule has 1 aromatic carbocycles. The first kappa shape index (κ1) is 47.1. The number of carbonyl (C=O) groups excluding carboxylic acids is 7. The minimum atomic E-state index is -1.26. The number of hydrogen-bond donors (Lipinski definition) is 5. The van der Waals surface area contributed by atoms with Gasteiger partial charge in [-0.25, -0.2) is 4.79 Å². The quantitative estimate of drug-likeness (QED) is 0.129. The maximum Gasteiger partial charge on any atom is 0.407 e. The van der Waals surface area contributed by atoms with Crippen LogP contribution in [-0.4, -0.2) is 102 Å². The number of likely N-dealkylation sites (tertiary alicyclic amines) is 1. The zero-order chi connectivity index (χ0) is 43.2. The first-order valence-corrected chi connectivity index (χ1v) is 19.9. The predicted molar refractivity (Wildman–Crippen MR) is 215 cm³/mol. The van der Waals surface area contributed by atoms with Crippen molar-refractivity contribution < 1.29 is 47.5 Å². The van der Waals surface area contributed by atoms with E-state index in [9.17, 15) is 33.6 Å². The van der Waals surface area contributed by atoms with Gasteiger partial charge in [0.05, 0.1) is 43.2 Å². The number of Topliss-reactive ketones (excluding diaryl/α,β-unsaturated/α-hetero) is 1. The van der Waals surface area contributed by atoms with E-state index < -0.39 is 89.2 Å². The van der Waals surface area contributed by atoms with Gasteiger partial charge in [-0.1, -0.05) is 84.7 Å². The summed E-state index contributed by atoms with van der Waals surface area (Å²) in [5.41, 5.74) is -0.700. The molecule has 0 aliphatic carbocycles. The van der Waals surface area contributed by atoms with Gasteiger partial charge in [0.25, 0.3) is 11.8 Å². The fourth-order valence-electron chi connectivity index (χ4n) is 6.31. The Morgan fingerprint density at radius 2 is 1.59 bits per heavy atom. The summed E-state index contributed by atoms with van der Waals surface area (Å²) in [6, 6.07) is 7.87. The van der Waals surface area contributed by atoms with Crippen molar-refractivity contribution in [3.63, 3.8) is 0 Å². The van der Waals surface area contributed by atoms with Crippen molar-refractivity contribution in [2.24, 2.45) is 11.3 Å². The Bertz CT molecular complexity index is 1700. The fourth-order valence-corrected chi connectivity index (χ4v) is 6.31. The molecule has 16 nitrogen and oxygen atoms in total. The van der Waals surface area contributed by atoms with Crippen LogP contribution in [0.3, 0.4) is 0 Å². The highest BCUT2D eigenvalue weighted by Gasteiger charge is 2.47. The zero-order valence-electron chi connectivity index (χ0n) is 35.3. The van der Waals surface area contributed by atoms with E-state index in [0.29, 0.717) is 18.4 Å². The number of furan rings is 1. The molecule has 5 atom stereocenters. The second-order valence-electron chi connectivity index (χ2n) is 17.0. The van der Waals surface area contributed by atoms with Gasteiger partial charge in [0.1, 0.15) is 12.1 Å². The smallest absolute Gasteiger partial charge is 0.407 e. The van der Waals surface area contributed by atoms with E-state index in [0.717, 1.165) is 0 Å². The van der Waals surface area contributed by atoms with E-state index >= 15 is 0 Å². The number of ketones is 1. The van der Waals surface area contributed by atoms with E-state index in [2.05, 4.69) is 26.6 Å². The Balaban J connectivity index is 1.74. The lowest BCUT2D eigenvalue weighted by Gasteiger charge is -2.35. The SMILES string of the molecule is CCCCC(NC(=O)[C@@H]1C[C@@H](OC(C)(C)C)CN1C(=O)[C@@H](NC(=O)OCC(C)C)C(C)(C)C)C(=O)C(=O)NCC(=O)N[C@H](CNC(=O)c1ccco1)c1ccccc1. The number of unbranched alkanes of at least 4 members (excludes halogenated alkanes) is 1. The molecule has 2 aromatic rings. The number of rotatable bonds is 19. The maximum atomic E-state index is 14.3. The topological polar surface area (TPSA) is 214 Å². The van der Waals surface area contributed by atoms with E-state index in [1.165, 1.54) is 17.2 Å². The molecule has 1 aliphatic heterocycles. The van der Waals surface area contributed by atoms with Crippen LogP contribution in [0.25, 0.3) is 0 Å². The molecular formula is C42H62N6O10. The van der Waals surface area contributed by atoms with Gasteiger partial charge in [0.15, 0.2) is 5.76 Å². The highest BCUT2D eigenvalue weighted by Crippen LogP contribution is 2.29. The number of alkyl carbamates (subject to hydrolysis) is 1. The molecule has 2 heterocycles. The molecule has 6 amide bonds. The minimum absolute atomic E-state index is 0.00437. The van der Waals surface area contributed by atoms with E-state index in [-0.39, 0.29) is 44.2 Å². The molecule has 58 heavy (non-hydrogen) atoms. The number of nitrogens with zero attached hydrogens (tertiary/aromatic N) is 1. The summed E-state index contributed by atoms with van der Waals surface area (Å²) in [4.78, 5) is 94.9. The lowest BCUT2D eigenvalue weighted by atomic mass is 9.85. The lowest BCUT2D eigenvalue weighted by molar-refractivity contribution is -0.144. The van der Waals surface area contributed by atoms with Gasteiger partial charge in [-0.3, -0.25) is 28.8 Å². The first-order chi connectivity index (χ1) is 27.2. The van der Waals surface area contributed by atoms with Gasteiger partial charge < -0.3 is 45.4 Å². The van der Waals surface area contributed by atoms with Gasteiger partial charge in [-0.2, -0.15) is 0 Å². The maximum absolute atomic E-state index is 14.3. The van der Waals surface area contributed by atoms with Crippen LogP contribution in [0.1, 0.15) is 110 Å². The normalized spacial score (nSPS) is 17.1. The molecule has 1 fully saturated rings. The van der Waals surface area contributed by atoms with Crippen molar-refractivity contribution in [1.82, 2.24) is 31.5 Å². The van der Waals surface area contributed by atoms with Crippen LogP contribution >= 0.6 is 0 Å². The van der Waals surface area contributed by atoms with Crippen LogP contribution in [0.4, 0.5) is 4.79 Å².